The van der Waals surface area contributed by atoms with E-state index in [1.54, 1.807) is 0 Å². The zero-order chi connectivity index (χ0) is 13.7. The Kier molecular flexibility index (Phi) is 5.40. The maximum Gasteiger partial charge on any atom is 0.138 e. The summed E-state index contributed by atoms with van der Waals surface area (Å²) in [5, 5.41) is 24.2. The summed E-state index contributed by atoms with van der Waals surface area (Å²) in [5.74, 6) is 0. The Balaban J connectivity index is 3.71. The van der Waals surface area contributed by atoms with Crippen molar-refractivity contribution in [3.8, 4) is 10.8 Å². The van der Waals surface area contributed by atoms with Crippen LogP contribution in [-0.4, -0.2) is 5.16 Å². The van der Waals surface area contributed by atoms with Crippen molar-refractivity contribution in [3.05, 3.63) is 16.7 Å². The van der Waals surface area contributed by atoms with Crippen LogP contribution < -0.4 is 0 Å². The molecule has 3 nitrogen and oxygen atoms in total. The maximum atomic E-state index is 8.86. The second kappa shape index (κ2) is 6.58. The summed E-state index contributed by atoms with van der Waals surface area (Å²) in [6.07, 6.45) is 0. The molecule has 0 saturated heterocycles. The molecule has 18 heavy (non-hydrogen) atoms. The highest BCUT2D eigenvalue weighted by Gasteiger charge is 2.18. The molecule has 0 spiro atoms. The van der Waals surface area contributed by atoms with Gasteiger partial charge >= 0.3 is 0 Å². The van der Waals surface area contributed by atoms with Gasteiger partial charge in [0.2, 0.25) is 0 Å². The van der Waals surface area contributed by atoms with Crippen LogP contribution in [0.4, 0.5) is 5.69 Å². The van der Waals surface area contributed by atoms with Crippen LogP contribution in [0.1, 0.15) is 16.7 Å². The van der Waals surface area contributed by atoms with Crippen LogP contribution >= 0.6 is 35.7 Å². The van der Waals surface area contributed by atoms with Crippen LogP contribution in [0, 0.1) is 42.1 Å². The van der Waals surface area contributed by atoms with Gasteiger partial charge < -0.3 is 0 Å². The molecular weight excluding hydrogens is 282 g/mol. The molecule has 0 atom stereocenters. The Hall–Kier alpha value is -1.30. The Bertz CT molecular complexity index is 617. The van der Waals surface area contributed by atoms with E-state index < -0.39 is 0 Å². The average Bonchev–Trinajstić information content (AvgIpc) is 2.36. The minimum atomic E-state index is 0.636. The van der Waals surface area contributed by atoms with Crippen LogP contribution in [0.25, 0.3) is 0 Å². The van der Waals surface area contributed by atoms with Crippen LogP contribution in [0.5, 0.6) is 0 Å². The largest absolute Gasteiger partial charge is 0.193 e. The van der Waals surface area contributed by atoms with Gasteiger partial charge in [0, 0.05) is 4.90 Å². The van der Waals surface area contributed by atoms with Gasteiger partial charge in [0.15, 0.2) is 0 Å². The number of thioether (sulfide) groups is 2. The number of hydrogen-bond acceptors (Lipinski definition) is 6. The van der Waals surface area contributed by atoms with Crippen LogP contribution in [0.2, 0.25) is 0 Å². The zero-order valence-electron chi connectivity index (χ0n) is 10.1. The Morgan fingerprint density at radius 3 is 1.94 bits per heavy atom. The van der Waals surface area contributed by atoms with E-state index in [-0.39, 0.29) is 0 Å². The van der Waals surface area contributed by atoms with Gasteiger partial charge in [-0.2, -0.15) is 15.5 Å². The van der Waals surface area contributed by atoms with Crippen molar-refractivity contribution in [2.24, 2.45) is 4.99 Å². The van der Waals surface area contributed by atoms with E-state index in [9.17, 15) is 0 Å². The molecule has 1 aromatic rings. The van der Waals surface area contributed by atoms with Crippen molar-refractivity contribution in [2.75, 3.05) is 0 Å². The van der Waals surface area contributed by atoms with Crippen molar-refractivity contribution in [3.63, 3.8) is 0 Å². The summed E-state index contributed by atoms with van der Waals surface area (Å²) in [6, 6.07) is 0. The fraction of sp³-hybridized carbons (Fsp3) is 0.250. The lowest BCUT2D eigenvalue weighted by Gasteiger charge is -2.15. The van der Waals surface area contributed by atoms with E-state index in [4.69, 9.17) is 10.5 Å². The highest BCUT2D eigenvalue weighted by molar-refractivity contribution is 8.04. The number of benzene rings is 1. The molecule has 0 N–H and O–H groups in total. The fourth-order valence-corrected chi connectivity index (χ4v) is 3.06. The Labute approximate surface area is 120 Å². The molecule has 0 heterocycles. The number of aliphatic imine (C=N–C) groups is 1. The zero-order valence-corrected chi connectivity index (χ0v) is 12.5. The smallest absolute Gasteiger partial charge is 0.138 e. The monoisotopic (exact) mass is 291 g/mol. The Morgan fingerprint density at radius 2 is 1.44 bits per heavy atom. The summed E-state index contributed by atoms with van der Waals surface area (Å²) in [4.78, 5) is 5.70. The molecule has 90 valence electrons. The normalized spacial score (nSPS) is 9.17. The van der Waals surface area contributed by atoms with Crippen LogP contribution in [0.15, 0.2) is 14.8 Å². The van der Waals surface area contributed by atoms with Crippen LogP contribution in [0.3, 0.4) is 0 Å². The van der Waals surface area contributed by atoms with Crippen molar-refractivity contribution < 1.29 is 0 Å². The molecule has 0 bridgehead atoms. The second-order valence-electron chi connectivity index (χ2n) is 3.47. The minimum Gasteiger partial charge on any atom is -0.193 e. The second-order valence-corrected chi connectivity index (χ2v) is 5.24. The number of nitrogens with zero attached hydrogens (tertiary/aromatic N) is 3. The molecule has 0 radical (unpaired) electrons. The number of nitriles is 2. The quantitative estimate of drug-likeness (QED) is 0.355. The summed E-state index contributed by atoms with van der Waals surface area (Å²) in [5.41, 5.74) is 3.45. The number of isothiocyanates is 1. The molecule has 0 unspecified atom stereocenters. The summed E-state index contributed by atoms with van der Waals surface area (Å²) < 4.78 is 0. The van der Waals surface area contributed by atoms with Crippen molar-refractivity contribution in [2.45, 2.75) is 30.6 Å². The topological polar surface area (TPSA) is 59.9 Å². The summed E-state index contributed by atoms with van der Waals surface area (Å²) in [6.45, 7) is 5.73. The van der Waals surface area contributed by atoms with Gasteiger partial charge in [-0.05, 0) is 73.2 Å². The molecule has 0 amide bonds. The predicted octanol–water partition coefficient (Wildman–Crippen LogP) is 4.49. The van der Waals surface area contributed by atoms with E-state index in [2.05, 4.69) is 33.2 Å². The molecule has 1 aromatic carbocycles. The first kappa shape index (κ1) is 14.8. The van der Waals surface area contributed by atoms with E-state index in [1.165, 1.54) is 0 Å². The maximum absolute atomic E-state index is 8.86. The summed E-state index contributed by atoms with van der Waals surface area (Å²) >= 11 is 6.80. The third-order valence-electron chi connectivity index (χ3n) is 2.61. The molecule has 0 aliphatic heterocycles. The Morgan fingerprint density at radius 1 is 0.944 bits per heavy atom. The van der Waals surface area contributed by atoms with E-state index in [1.807, 2.05) is 20.8 Å². The van der Waals surface area contributed by atoms with Gasteiger partial charge in [0.25, 0.3) is 0 Å². The van der Waals surface area contributed by atoms with Gasteiger partial charge in [0.05, 0.1) is 15.7 Å². The number of hydrogen-bond donors (Lipinski definition) is 0. The van der Waals surface area contributed by atoms with Gasteiger partial charge in [-0.1, -0.05) is 0 Å². The minimum absolute atomic E-state index is 0.636. The fourth-order valence-electron chi connectivity index (χ4n) is 1.63. The standard InChI is InChI=1S/C12H9N3S3/c1-7-8(2)12(18-5-14)10(15-6-16)9(3)11(7)17-4-13/h1-3H3. The van der Waals surface area contributed by atoms with Gasteiger partial charge in [-0.25, -0.2) is 0 Å². The molecule has 0 aromatic heterocycles. The van der Waals surface area contributed by atoms with E-state index >= 15 is 0 Å². The van der Waals surface area contributed by atoms with Gasteiger partial charge in [-0.3, -0.25) is 0 Å². The molecule has 0 aliphatic carbocycles. The lowest BCUT2D eigenvalue weighted by Crippen LogP contribution is -1.94. The lowest BCUT2D eigenvalue weighted by atomic mass is 10.0. The van der Waals surface area contributed by atoms with Crippen molar-refractivity contribution in [1.82, 2.24) is 0 Å². The first-order valence-corrected chi connectivity index (χ1v) is 6.96. The molecular formula is C12H9N3S3. The van der Waals surface area contributed by atoms with Gasteiger partial charge in [-0.15, -0.1) is 0 Å². The highest BCUT2D eigenvalue weighted by atomic mass is 32.2. The molecule has 0 aliphatic rings. The predicted molar refractivity (Wildman–Crippen MR) is 78.3 cm³/mol. The number of thiocarbonyl (C=S) groups is 1. The van der Waals surface area contributed by atoms with Crippen LogP contribution in [-0.2, 0) is 0 Å². The molecule has 0 saturated carbocycles. The molecule has 6 heteroatoms. The molecule has 1 rings (SSSR count). The lowest BCUT2D eigenvalue weighted by molar-refractivity contribution is 1.10. The van der Waals surface area contributed by atoms with E-state index in [0.717, 1.165) is 50.0 Å². The molecule has 0 fully saturated rings. The van der Waals surface area contributed by atoms with Gasteiger partial charge in [0.1, 0.15) is 10.8 Å². The SMILES string of the molecule is Cc1c(C)c(SC#N)c(N=C=S)c(C)c1SC#N. The van der Waals surface area contributed by atoms with E-state index in [0.29, 0.717) is 5.69 Å². The number of thiocyanates is 2. The third kappa shape index (κ3) is 2.75. The number of rotatable bonds is 3. The first-order valence-electron chi connectivity index (χ1n) is 4.92. The average molecular weight is 291 g/mol. The first-order chi connectivity index (χ1) is 8.58. The van der Waals surface area contributed by atoms with Crippen molar-refractivity contribution >= 4 is 46.6 Å². The third-order valence-corrected chi connectivity index (χ3v) is 4.40. The highest BCUT2D eigenvalue weighted by Crippen LogP contribution is 2.42. The van der Waals surface area contributed by atoms with Crippen molar-refractivity contribution in [1.29, 1.82) is 10.5 Å². The summed E-state index contributed by atoms with van der Waals surface area (Å²) in [7, 11) is 0.